The third-order valence-corrected chi connectivity index (χ3v) is 6.87. The van der Waals surface area contributed by atoms with E-state index in [1.807, 2.05) is 13.8 Å². The minimum atomic E-state index is -0.386. The molecule has 4 aliphatic rings. The van der Waals surface area contributed by atoms with E-state index in [0.717, 1.165) is 12.8 Å². The summed E-state index contributed by atoms with van der Waals surface area (Å²) in [5.74, 6) is -1.17. The molecule has 0 aromatic heterocycles. The molecule has 0 aromatic carbocycles. The van der Waals surface area contributed by atoms with Gasteiger partial charge in [-0.15, -0.1) is 0 Å². The van der Waals surface area contributed by atoms with E-state index in [9.17, 15) is 9.59 Å². The number of fused-ring (bicyclic) bond motifs is 2. The third-order valence-electron chi connectivity index (χ3n) is 6.87. The number of epoxide rings is 2. The van der Waals surface area contributed by atoms with Crippen LogP contribution in [0.4, 0.5) is 0 Å². The summed E-state index contributed by atoms with van der Waals surface area (Å²) >= 11 is 0. The molecular formula is C20H28O6. The Morgan fingerprint density at radius 1 is 0.885 bits per heavy atom. The smallest absolute Gasteiger partial charge is 0.317 e. The number of esters is 2. The molecule has 2 aliphatic heterocycles. The summed E-state index contributed by atoms with van der Waals surface area (Å²) in [5, 5.41) is 0. The van der Waals surface area contributed by atoms with Crippen LogP contribution < -0.4 is 0 Å². The van der Waals surface area contributed by atoms with Gasteiger partial charge in [0.2, 0.25) is 0 Å². The van der Waals surface area contributed by atoms with E-state index in [1.165, 1.54) is 0 Å². The number of hydrogen-bond acceptors (Lipinski definition) is 6. The van der Waals surface area contributed by atoms with Crippen molar-refractivity contribution >= 4 is 11.9 Å². The number of carbonyl (C=O) groups is 2. The van der Waals surface area contributed by atoms with Crippen molar-refractivity contribution in [2.24, 2.45) is 23.7 Å². The zero-order valence-electron chi connectivity index (χ0n) is 15.9. The maximum absolute atomic E-state index is 12.5. The average molecular weight is 364 g/mol. The molecule has 8 unspecified atom stereocenters. The van der Waals surface area contributed by atoms with Gasteiger partial charge in [-0.2, -0.15) is 0 Å². The van der Waals surface area contributed by atoms with Gasteiger partial charge in [-0.25, -0.2) is 0 Å². The Hall–Kier alpha value is -1.40. The van der Waals surface area contributed by atoms with E-state index < -0.39 is 0 Å². The lowest BCUT2D eigenvalue weighted by atomic mass is 9.75. The Morgan fingerprint density at radius 2 is 1.27 bits per heavy atom. The fraction of sp³-hybridized carbons (Fsp3) is 0.800. The van der Waals surface area contributed by atoms with Crippen molar-refractivity contribution in [2.75, 3.05) is 0 Å². The zero-order chi connectivity index (χ0) is 18.9. The van der Waals surface area contributed by atoms with Crippen molar-refractivity contribution in [1.82, 2.24) is 0 Å². The van der Waals surface area contributed by atoms with Crippen molar-refractivity contribution in [2.45, 2.75) is 76.8 Å². The number of carbonyl (C=O) groups excluding carboxylic acids is 2. The van der Waals surface area contributed by atoms with E-state index >= 15 is 0 Å². The molecule has 0 spiro atoms. The topological polar surface area (TPSA) is 77.7 Å². The summed E-state index contributed by atoms with van der Waals surface area (Å²) in [4.78, 5) is 24.9. The summed E-state index contributed by atoms with van der Waals surface area (Å²) < 4.78 is 21.8. The minimum absolute atomic E-state index is 0.0732. The lowest BCUT2D eigenvalue weighted by Crippen LogP contribution is -2.35. The Labute approximate surface area is 154 Å². The largest absolute Gasteiger partial charge is 0.393 e. The van der Waals surface area contributed by atoms with Crippen LogP contribution in [0.25, 0.3) is 0 Å². The van der Waals surface area contributed by atoms with Gasteiger partial charge in [0.15, 0.2) is 0 Å². The first-order valence-electron chi connectivity index (χ1n) is 9.59. The van der Waals surface area contributed by atoms with Crippen molar-refractivity contribution in [3.63, 3.8) is 0 Å². The number of hydrogen-bond donors (Lipinski definition) is 0. The first kappa shape index (κ1) is 18.0. The van der Waals surface area contributed by atoms with Crippen molar-refractivity contribution < 1.29 is 28.5 Å². The Kier molecular flexibility index (Phi) is 4.01. The lowest BCUT2D eigenvalue weighted by Gasteiger charge is -2.29. The molecule has 0 aromatic rings. The van der Waals surface area contributed by atoms with Crippen LogP contribution in [0.3, 0.4) is 0 Å². The van der Waals surface area contributed by atoms with Gasteiger partial charge in [0.25, 0.3) is 5.95 Å². The first-order chi connectivity index (χ1) is 12.1. The van der Waals surface area contributed by atoms with Gasteiger partial charge in [0, 0.05) is 0 Å². The quantitative estimate of drug-likeness (QED) is 0.434. The predicted octanol–water partition coefficient (Wildman–Crippen LogP) is 2.95. The van der Waals surface area contributed by atoms with Gasteiger partial charge in [0.05, 0.1) is 35.2 Å². The fourth-order valence-corrected chi connectivity index (χ4v) is 5.08. The molecule has 8 atom stereocenters. The van der Waals surface area contributed by atoms with Crippen LogP contribution in [-0.2, 0) is 28.5 Å². The van der Waals surface area contributed by atoms with Gasteiger partial charge >= 0.3 is 11.9 Å². The van der Waals surface area contributed by atoms with E-state index in [-0.39, 0.29) is 65.0 Å². The van der Waals surface area contributed by atoms with Crippen LogP contribution in [0.1, 0.15) is 53.4 Å². The van der Waals surface area contributed by atoms with Crippen molar-refractivity contribution in [3.8, 4) is 0 Å². The van der Waals surface area contributed by atoms with Gasteiger partial charge in [-0.1, -0.05) is 13.8 Å². The number of ether oxygens (including phenoxy) is 4. The van der Waals surface area contributed by atoms with E-state index in [2.05, 4.69) is 20.4 Å². The molecule has 4 rings (SSSR count). The molecule has 6 nitrogen and oxygen atoms in total. The highest BCUT2D eigenvalue weighted by Crippen LogP contribution is 2.52. The average Bonchev–Trinajstić information content (AvgIpc) is 3.37. The summed E-state index contributed by atoms with van der Waals surface area (Å²) in [6.07, 6.45) is 3.22. The van der Waals surface area contributed by atoms with E-state index in [0.29, 0.717) is 12.8 Å². The maximum atomic E-state index is 12.5. The molecule has 0 N–H and O–H groups in total. The second kappa shape index (κ2) is 5.80. The van der Waals surface area contributed by atoms with Crippen LogP contribution in [-0.4, -0.2) is 35.3 Å². The van der Waals surface area contributed by atoms with Crippen molar-refractivity contribution in [3.05, 3.63) is 12.5 Å². The SMILES string of the molecule is C=C(OC(=O)C1CC2OC2(C)CC1C)OC(=O)C1CC2OC2(C)CC1C. The minimum Gasteiger partial charge on any atom is -0.393 e. The lowest BCUT2D eigenvalue weighted by molar-refractivity contribution is -0.162. The molecule has 26 heavy (non-hydrogen) atoms. The van der Waals surface area contributed by atoms with Crippen LogP contribution in [0, 0.1) is 23.7 Å². The third kappa shape index (κ3) is 3.07. The van der Waals surface area contributed by atoms with Gasteiger partial charge in [-0.3, -0.25) is 9.59 Å². The van der Waals surface area contributed by atoms with Crippen LogP contribution >= 0.6 is 0 Å². The molecule has 0 radical (unpaired) electrons. The second-order valence-corrected chi connectivity index (χ2v) is 9.10. The van der Waals surface area contributed by atoms with Gasteiger partial charge < -0.3 is 18.9 Å². The van der Waals surface area contributed by atoms with Gasteiger partial charge in [0.1, 0.15) is 0 Å². The summed E-state index contributed by atoms with van der Waals surface area (Å²) in [7, 11) is 0. The second-order valence-electron chi connectivity index (χ2n) is 9.10. The molecule has 2 heterocycles. The highest BCUT2D eigenvalue weighted by atomic mass is 16.7. The Morgan fingerprint density at radius 3 is 1.65 bits per heavy atom. The molecule has 2 aliphatic carbocycles. The van der Waals surface area contributed by atoms with E-state index in [1.54, 1.807) is 0 Å². The molecular weight excluding hydrogens is 336 g/mol. The highest BCUT2D eigenvalue weighted by molar-refractivity contribution is 5.76. The molecule has 0 bridgehead atoms. The molecule has 6 heteroatoms. The standard InChI is InChI=1S/C20H28O6/c1-10-8-19(4)15(25-19)6-13(10)17(21)23-12(3)24-18(22)14-7-16-20(5,26-16)9-11(14)2/h10-11,13-16H,3,6-9H2,1-2,4-5H3. The van der Waals surface area contributed by atoms with Crippen LogP contribution in [0.2, 0.25) is 0 Å². The Balaban J connectivity index is 1.28. The van der Waals surface area contributed by atoms with E-state index in [4.69, 9.17) is 18.9 Å². The fourth-order valence-electron chi connectivity index (χ4n) is 5.08. The normalized spacial score (nSPS) is 48.6. The van der Waals surface area contributed by atoms with Crippen LogP contribution in [0.5, 0.6) is 0 Å². The summed E-state index contributed by atoms with van der Waals surface area (Å²) in [6, 6.07) is 0. The van der Waals surface area contributed by atoms with Crippen molar-refractivity contribution in [1.29, 1.82) is 0 Å². The molecule has 0 amide bonds. The summed E-state index contributed by atoms with van der Waals surface area (Å²) in [5.41, 5.74) is -0.146. The molecule has 144 valence electrons. The first-order valence-corrected chi connectivity index (χ1v) is 9.59. The molecule has 4 fully saturated rings. The zero-order valence-corrected chi connectivity index (χ0v) is 15.9. The summed E-state index contributed by atoms with van der Waals surface area (Å²) in [6.45, 7) is 11.8. The number of rotatable bonds is 4. The predicted molar refractivity (Wildman–Crippen MR) is 91.7 cm³/mol. The highest BCUT2D eigenvalue weighted by Gasteiger charge is 2.60. The molecule has 2 saturated carbocycles. The molecule has 2 saturated heterocycles. The maximum Gasteiger partial charge on any atom is 0.317 e. The Bertz CT molecular complexity index is 605. The monoisotopic (exact) mass is 364 g/mol. The van der Waals surface area contributed by atoms with Gasteiger partial charge in [-0.05, 0) is 57.9 Å². The van der Waals surface area contributed by atoms with Crippen LogP contribution in [0.15, 0.2) is 12.5 Å².